The number of esters is 1. The van der Waals surface area contributed by atoms with Gasteiger partial charge in [-0.05, 0) is 93.2 Å². The maximum atomic E-state index is 13.7. The lowest BCUT2D eigenvalue weighted by Crippen LogP contribution is -2.43. The Morgan fingerprint density at radius 2 is 1.72 bits per heavy atom. The van der Waals surface area contributed by atoms with Gasteiger partial charge in [0.2, 0.25) is 5.91 Å². The highest BCUT2D eigenvalue weighted by Gasteiger charge is 2.34. The van der Waals surface area contributed by atoms with Gasteiger partial charge in [-0.25, -0.2) is 9.48 Å². The van der Waals surface area contributed by atoms with Gasteiger partial charge in [-0.15, -0.1) is 5.10 Å². The molecule has 0 aliphatic heterocycles. The first kappa shape index (κ1) is 26.6. The van der Waals surface area contributed by atoms with Crippen molar-refractivity contribution < 1.29 is 14.3 Å². The second-order valence-corrected chi connectivity index (χ2v) is 10.8. The monoisotopic (exact) mass is 524 g/mol. The number of hydrogen-bond acceptors (Lipinski definition) is 5. The first-order valence-electron chi connectivity index (χ1n) is 13.9. The molecule has 1 aliphatic rings. The lowest BCUT2D eigenvalue weighted by Gasteiger charge is -2.32. The van der Waals surface area contributed by atoms with E-state index in [2.05, 4.69) is 30.1 Å². The van der Waals surface area contributed by atoms with E-state index in [4.69, 9.17) is 9.84 Å². The molecule has 202 valence electrons. The highest BCUT2D eigenvalue weighted by Crippen LogP contribution is 2.33. The summed E-state index contributed by atoms with van der Waals surface area (Å²) in [4.78, 5) is 32.6. The number of carbonyl (C=O) groups excluding carboxylic acids is 2. The molecule has 2 heterocycles. The van der Waals surface area contributed by atoms with Crippen LogP contribution in [-0.4, -0.2) is 39.3 Å². The van der Waals surface area contributed by atoms with Gasteiger partial charge in [-0.2, -0.15) is 0 Å². The molecule has 0 saturated heterocycles. The molecule has 39 heavy (non-hydrogen) atoms. The van der Waals surface area contributed by atoms with Gasteiger partial charge in [0.15, 0.2) is 5.82 Å². The van der Waals surface area contributed by atoms with Crippen LogP contribution in [0, 0.1) is 11.8 Å². The van der Waals surface area contributed by atoms with Crippen molar-refractivity contribution in [1.29, 1.82) is 0 Å². The molecule has 0 N–H and O–H groups in total. The minimum atomic E-state index is -0.475. The van der Waals surface area contributed by atoms with E-state index >= 15 is 0 Å². The molecule has 2 aromatic heterocycles. The maximum Gasteiger partial charge on any atom is 0.343 e. The fourth-order valence-electron chi connectivity index (χ4n) is 5.40. The van der Waals surface area contributed by atoms with Gasteiger partial charge in [-0.1, -0.05) is 31.2 Å². The predicted octanol–water partition coefficient (Wildman–Crippen LogP) is 6.83. The average molecular weight is 525 g/mol. The van der Waals surface area contributed by atoms with E-state index in [0.29, 0.717) is 17.3 Å². The van der Waals surface area contributed by atoms with Crippen molar-refractivity contribution in [3.8, 4) is 16.8 Å². The van der Waals surface area contributed by atoms with Crippen LogP contribution in [0.5, 0.6) is 0 Å². The Hall–Kier alpha value is -4.00. The largest absolute Gasteiger partial charge is 0.462 e. The Balaban J connectivity index is 1.48. The van der Waals surface area contributed by atoms with Crippen LogP contribution in [0.25, 0.3) is 27.6 Å². The molecule has 1 aliphatic carbocycles. The average Bonchev–Trinajstić information content (AvgIpc) is 3.38. The smallest absolute Gasteiger partial charge is 0.343 e. The summed E-state index contributed by atoms with van der Waals surface area (Å²) in [6.07, 6.45) is 9.15. The molecule has 0 spiro atoms. The number of nitrogens with zero attached hydrogens (tertiary/aromatic N) is 4. The second kappa shape index (κ2) is 11.4. The van der Waals surface area contributed by atoms with Crippen molar-refractivity contribution in [2.75, 3.05) is 11.5 Å². The van der Waals surface area contributed by atoms with Crippen LogP contribution in [0.4, 0.5) is 5.82 Å². The molecule has 5 rings (SSSR count). The van der Waals surface area contributed by atoms with Gasteiger partial charge in [-0.3, -0.25) is 14.7 Å². The topological polar surface area (TPSA) is 77.3 Å². The van der Waals surface area contributed by atoms with E-state index in [-0.39, 0.29) is 24.5 Å². The van der Waals surface area contributed by atoms with Gasteiger partial charge < -0.3 is 4.74 Å². The summed E-state index contributed by atoms with van der Waals surface area (Å²) >= 11 is 0. The minimum Gasteiger partial charge on any atom is -0.462 e. The predicted molar refractivity (Wildman–Crippen MR) is 154 cm³/mol. The molecule has 0 radical (unpaired) electrons. The molecule has 7 heteroatoms. The lowest BCUT2D eigenvalue weighted by atomic mass is 9.82. The Morgan fingerprint density at radius 1 is 1.00 bits per heavy atom. The van der Waals surface area contributed by atoms with Crippen molar-refractivity contribution in [3.63, 3.8) is 0 Å². The fourth-order valence-corrected chi connectivity index (χ4v) is 5.40. The number of benzene rings is 2. The maximum absolute atomic E-state index is 13.7. The van der Waals surface area contributed by atoms with Gasteiger partial charge in [0.1, 0.15) is 5.56 Å². The first-order valence-corrected chi connectivity index (χ1v) is 13.9. The first-order chi connectivity index (χ1) is 18.9. The Morgan fingerprint density at radius 3 is 2.41 bits per heavy atom. The van der Waals surface area contributed by atoms with Crippen LogP contribution in [0.1, 0.15) is 63.7 Å². The third kappa shape index (κ3) is 5.58. The van der Waals surface area contributed by atoms with E-state index in [1.165, 1.54) is 0 Å². The number of aromatic nitrogens is 3. The third-order valence-corrected chi connectivity index (χ3v) is 7.64. The quantitative estimate of drug-likeness (QED) is 0.248. The summed E-state index contributed by atoms with van der Waals surface area (Å²) in [5, 5.41) is 7.02. The normalized spacial score (nSPS) is 17.4. The van der Waals surface area contributed by atoms with Crippen LogP contribution in [0.15, 0.2) is 67.1 Å². The van der Waals surface area contributed by atoms with Gasteiger partial charge >= 0.3 is 5.97 Å². The number of pyridine rings is 1. The van der Waals surface area contributed by atoms with Crippen LogP contribution in [0.3, 0.4) is 0 Å². The summed E-state index contributed by atoms with van der Waals surface area (Å²) in [6, 6.07) is 16.2. The third-order valence-electron chi connectivity index (χ3n) is 7.64. The number of hydrogen-bond donors (Lipinski definition) is 0. The highest BCUT2D eigenvalue weighted by atomic mass is 16.5. The Bertz CT molecular complexity index is 1470. The van der Waals surface area contributed by atoms with Crippen LogP contribution < -0.4 is 4.90 Å². The van der Waals surface area contributed by atoms with Crippen molar-refractivity contribution in [2.45, 2.75) is 59.4 Å². The van der Waals surface area contributed by atoms with Crippen LogP contribution in [0.2, 0.25) is 0 Å². The van der Waals surface area contributed by atoms with Crippen LogP contribution >= 0.6 is 0 Å². The highest BCUT2D eigenvalue weighted by molar-refractivity contribution is 6.02. The number of ether oxygens (including phenoxy) is 1. The van der Waals surface area contributed by atoms with E-state index in [1.807, 2.05) is 50.4 Å². The van der Waals surface area contributed by atoms with Gasteiger partial charge in [0.05, 0.1) is 12.3 Å². The van der Waals surface area contributed by atoms with Crippen LogP contribution in [-0.2, 0) is 9.53 Å². The molecular formula is C32H36N4O3. The van der Waals surface area contributed by atoms with Gasteiger partial charge in [0, 0.05) is 35.9 Å². The molecule has 0 atom stereocenters. The standard InChI is InChI=1S/C32H36N4O3/c1-5-39-32(38)29-20-35(34-30(29)36(21(2)3)31(37)24-8-6-22(4)7-9-24)28-14-12-23(13-15-28)25-10-11-27-19-33-17-16-26(27)18-25/h10-22,24H,5-9H2,1-4H3. The second-order valence-electron chi connectivity index (χ2n) is 10.8. The number of fused-ring (bicyclic) bond motifs is 1. The van der Waals surface area contributed by atoms with Gasteiger partial charge in [0.25, 0.3) is 0 Å². The summed E-state index contributed by atoms with van der Waals surface area (Å²) in [5.74, 6) is 0.511. The summed E-state index contributed by atoms with van der Waals surface area (Å²) < 4.78 is 7.03. The SMILES string of the molecule is CCOC(=O)c1cn(-c2ccc(-c3ccc4cnccc4c3)cc2)nc1N(C(=O)C1CCC(C)CC1)C(C)C. The lowest BCUT2D eigenvalue weighted by molar-refractivity contribution is -0.124. The zero-order chi connectivity index (χ0) is 27.5. The van der Waals surface area contributed by atoms with Crippen molar-refractivity contribution in [2.24, 2.45) is 11.8 Å². The molecule has 7 nitrogen and oxygen atoms in total. The molecule has 1 amide bonds. The van der Waals surface area contributed by atoms with Crippen molar-refractivity contribution in [3.05, 3.63) is 72.7 Å². The summed E-state index contributed by atoms with van der Waals surface area (Å²) in [5.41, 5.74) is 3.27. The van der Waals surface area contributed by atoms with E-state index in [0.717, 1.165) is 53.3 Å². The molecule has 2 aromatic carbocycles. The van der Waals surface area contributed by atoms with E-state index in [1.54, 1.807) is 28.9 Å². The molecule has 1 fully saturated rings. The molecule has 1 saturated carbocycles. The Kier molecular flexibility index (Phi) is 7.77. The number of rotatable bonds is 7. The molecule has 0 unspecified atom stereocenters. The zero-order valence-electron chi connectivity index (χ0n) is 23.1. The number of carbonyl (C=O) groups is 2. The Labute approximate surface area is 229 Å². The minimum absolute atomic E-state index is 0.0366. The fraction of sp³-hybridized carbons (Fsp3) is 0.375. The molecule has 0 bridgehead atoms. The molecular weight excluding hydrogens is 488 g/mol. The summed E-state index contributed by atoms with van der Waals surface area (Å²) in [6.45, 7) is 8.19. The summed E-state index contributed by atoms with van der Waals surface area (Å²) in [7, 11) is 0. The number of anilines is 1. The zero-order valence-corrected chi connectivity index (χ0v) is 23.1. The van der Waals surface area contributed by atoms with Crippen molar-refractivity contribution in [1.82, 2.24) is 14.8 Å². The molecule has 4 aromatic rings. The number of amides is 1. The van der Waals surface area contributed by atoms with Crippen molar-refractivity contribution >= 4 is 28.5 Å². The van der Waals surface area contributed by atoms with E-state index in [9.17, 15) is 9.59 Å². The van der Waals surface area contributed by atoms with E-state index < -0.39 is 5.97 Å².